The summed E-state index contributed by atoms with van der Waals surface area (Å²) in [4.78, 5) is 11.9. The zero-order valence-electron chi connectivity index (χ0n) is 12.9. The number of hydrogen-bond donors (Lipinski definition) is 2. The second-order valence-electron chi connectivity index (χ2n) is 5.19. The van der Waals surface area contributed by atoms with E-state index in [0.29, 0.717) is 10.2 Å². The maximum atomic E-state index is 6.27. The number of halogens is 1. The van der Waals surface area contributed by atoms with Gasteiger partial charge < -0.3 is 16.0 Å². The van der Waals surface area contributed by atoms with Crippen molar-refractivity contribution in [2.75, 3.05) is 30.0 Å². The van der Waals surface area contributed by atoms with Gasteiger partial charge in [-0.1, -0.05) is 22.9 Å². The molecule has 0 aliphatic carbocycles. The molecule has 0 aliphatic rings. The molecule has 0 saturated carbocycles. The van der Waals surface area contributed by atoms with Gasteiger partial charge in [0.25, 0.3) is 0 Å². The van der Waals surface area contributed by atoms with Crippen LogP contribution in [-0.4, -0.2) is 24.1 Å². The number of aryl methyl sites for hydroxylation is 1. The third-order valence-corrected chi connectivity index (χ3v) is 5.35. The minimum Gasteiger partial charge on any atom is -0.378 e. The van der Waals surface area contributed by atoms with E-state index in [0.717, 1.165) is 32.8 Å². The lowest BCUT2D eigenvalue weighted by atomic mass is 10.2. The van der Waals surface area contributed by atoms with Gasteiger partial charge in [0.1, 0.15) is 0 Å². The molecule has 0 bridgehead atoms. The molecule has 2 aromatic heterocycles. The lowest BCUT2D eigenvalue weighted by molar-refractivity contribution is 1.13. The molecule has 3 aromatic rings. The molecule has 0 atom stereocenters. The van der Waals surface area contributed by atoms with Gasteiger partial charge in [0.15, 0.2) is 10.3 Å². The molecule has 2 heterocycles. The van der Waals surface area contributed by atoms with E-state index in [2.05, 4.69) is 15.3 Å². The Labute approximate surface area is 147 Å². The van der Waals surface area contributed by atoms with Crippen molar-refractivity contribution >= 4 is 55.9 Å². The Kier molecular flexibility index (Phi) is 4.43. The third-order valence-electron chi connectivity index (χ3n) is 3.26. The lowest BCUT2D eigenvalue weighted by Crippen LogP contribution is -2.08. The minimum absolute atomic E-state index is 0.557. The molecular weight excluding hydrogens is 350 g/mol. The first kappa shape index (κ1) is 16.0. The lowest BCUT2D eigenvalue weighted by Gasteiger charge is -2.14. The Hall–Kier alpha value is -1.83. The fraction of sp³-hybridized carbons (Fsp3) is 0.200. The van der Waals surface area contributed by atoms with E-state index in [1.807, 2.05) is 49.5 Å². The summed E-state index contributed by atoms with van der Waals surface area (Å²) in [7, 11) is 3.98. The van der Waals surface area contributed by atoms with E-state index >= 15 is 0 Å². The van der Waals surface area contributed by atoms with Crippen molar-refractivity contribution in [1.29, 1.82) is 0 Å². The van der Waals surface area contributed by atoms with E-state index in [1.54, 1.807) is 0 Å². The molecule has 0 fully saturated rings. The molecule has 0 amide bonds. The normalized spacial score (nSPS) is 10.8. The standard InChI is InChI=1S/C15H16ClN5S2/c1-8-13(23-14(17)18-8)12-7-22-15(20-12)19-11-6-9(21(2)3)4-5-10(11)16/h4-7H,1-3H3,(H2,17,18)(H,19,20). The van der Waals surface area contributed by atoms with Crippen molar-refractivity contribution in [3.8, 4) is 10.6 Å². The van der Waals surface area contributed by atoms with Gasteiger partial charge in [-0.2, -0.15) is 0 Å². The van der Waals surface area contributed by atoms with Gasteiger partial charge in [0.05, 0.1) is 27.0 Å². The molecule has 1 aromatic carbocycles. The van der Waals surface area contributed by atoms with Crippen molar-refractivity contribution in [3.05, 3.63) is 34.3 Å². The monoisotopic (exact) mass is 365 g/mol. The molecule has 5 nitrogen and oxygen atoms in total. The number of thiazole rings is 2. The Bertz CT molecular complexity index is 840. The average Bonchev–Trinajstić information content (AvgIpc) is 3.07. The third kappa shape index (κ3) is 3.41. The van der Waals surface area contributed by atoms with E-state index in [9.17, 15) is 0 Å². The first-order valence-corrected chi connectivity index (χ1v) is 8.94. The summed E-state index contributed by atoms with van der Waals surface area (Å²) in [5.74, 6) is 0. The van der Waals surface area contributed by atoms with Gasteiger partial charge in [0, 0.05) is 25.2 Å². The van der Waals surface area contributed by atoms with Crippen LogP contribution in [-0.2, 0) is 0 Å². The van der Waals surface area contributed by atoms with Crippen LogP contribution in [0.2, 0.25) is 5.02 Å². The molecule has 120 valence electrons. The summed E-state index contributed by atoms with van der Waals surface area (Å²) in [5, 5.41) is 7.27. The van der Waals surface area contributed by atoms with E-state index in [4.69, 9.17) is 17.3 Å². The highest BCUT2D eigenvalue weighted by Crippen LogP contribution is 2.35. The second kappa shape index (κ2) is 6.35. The van der Waals surface area contributed by atoms with Gasteiger partial charge in [-0.25, -0.2) is 9.97 Å². The molecule has 0 saturated heterocycles. The molecule has 3 rings (SSSR count). The average molecular weight is 366 g/mol. The van der Waals surface area contributed by atoms with Crippen LogP contribution in [0.5, 0.6) is 0 Å². The first-order valence-electron chi connectivity index (χ1n) is 6.86. The molecule has 23 heavy (non-hydrogen) atoms. The fourth-order valence-corrected chi connectivity index (χ4v) is 3.84. The Balaban J connectivity index is 1.87. The van der Waals surface area contributed by atoms with Crippen molar-refractivity contribution in [2.24, 2.45) is 0 Å². The number of benzene rings is 1. The van der Waals surface area contributed by atoms with E-state index in [-0.39, 0.29) is 0 Å². The van der Waals surface area contributed by atoms with Gasteiger partial charge in [0.2, 0.25) is 0 Å². The summed E-state index contributed by atoms with van der Waals surface area (Å²) in [6.45, 7) is 1.94. The Morgan fingerprint density at radius 3 is 2.70 bits per heavy atom. The van der Waals surface area contributed by atoms with Gasteiger partial charge in [-0.15, -0.1) is 11.3 Å². The van der Waals surface area contributed by atoms with Crippen LogP contribution in [0.25, 0.3) is 10.6 Å². The predicted octanol–water partition coefficient (Wildman–Crippen LogP) is 4.62. The van der Waals surface area contributed by atoms with Gasteiger partial charge in [-0.3, -0.25) is 0 Å². The molecule has 8 heteroatoms. The summed E-state index contributed by atoms with van der Waals surface area (Å²) >= 11 is 9.25. The largest absolute Gasteiger partial charge is 0.378 e. The van der Waals surface area contributed by atoms with E-state index < -0.39 is 0 Å². The Morgan fingerprint density at radius 2 is 2.04 bits per heavy atom. The van der Waals surface area contributed by atoms with Crippen molar-refractivity contribution < 1.29 is 0 Å². The van der Waals surface area contributed by atoms with Crippen molar-refractivity contribution in [3.63, 3.8) is 0 Å². The van der Waals surface area contributed by atoms with E-state index in [1.165, 1.54) is 22.7 Å². The number of hydrogen-bond acceptors (Lipinski definition) is 7. The molecule has 0 spiro atoms. The number of aromatic nitrogens is 2. The van der Waals surface area contributed by atoms with Crippen LogP contribution in [0.15, 0.2) is 23.6 Å². The van der Waals surface area contributed by atoms with Gasteiger partial charge in [-0.05, 0) is 25.1 Å². The number of nitrogen functional groups attached to an aromatic ring is 1. The number of anilines is 4. The summed E-state index contributed by atoms with van der Waals surface area (Å²) in [6.07, 6.45) is 0. The maximum Gasteiger partial charge on any atom is 0.187 e. The van der Waals surface area contributed by atoms with Crippen LogP contribution in [0.1, 0.15) is 5.69 Å². The van der Waals surface area contributed by atoms with Gasteiger partial charge >= 0.3 is 0 Å². The van der Waals surface area contributed by atoms with Crippen molar-refractivity contribution in [1.82, 2.24) is 9.97 Å². The number of nitrogens with zero attached hydrogens (tertiary/aromatic N) is 3. The van der Waals surface area contributed by atoms with Crippen LogP contribution >= 0.6 is 34.3 Å². The summed E-state index contributed by atoms with van der Waals surface area (Å²) in [6, 6.07) is 5.85. The minimum atomic E-state index is 0.557. The van der Waals surface area contributed by atoms with Crippen LogP contribution < -0.4 is 16.0 Å². The number of rotatable bonds is 4. The predicted molar refractivity (Wildman–Crippen MR) is 101 cm³/mol. The highest BCUT2D eigenvalue weighted by Gasteiger charge is 2.13. The van der Waals surface area contributed by atoms with Crippen LogP contribution in [0, 0.1) is 6.92 Å². The highest BCUT2D eigenvalue weighted by molar-refractivity contribution is 7.19. The molecule has 0 radical (unpaired) electrons. The fourth-order valence-electron chi connectivity index (χ4n) is 2.09. The quantitative estimate of drug-likeness (QED) is 0.706. The second-order valence-corrected chi connectivity index (χ2v) is 7.48. The topological polar surface area (TPSA) is 67.1 Å². The SMILES string of the molecule is Cc1nc(N)sc1-c1csc(Nc2cc(N(C)C)ccc2Cl)n1. The summed E-state index contributed by atoms with van der Waals surface area (Å²) in [5.41, 5.74) is 9.44. The zero-order valence-corrected chi connectivity index (χ0v) is 15.3. The molecular formula is C15H16ClN5S2. The van der Waals surface area contributed by atoms with Crippen LogP contribution in [0.4, 0.5) is 21.6 Å². The molecule has 0 aliphatic heterocycles. The number of nitrogens with two attached hydrogens (primary N) is 1. The summed E-state index contributed by atoms with van der Waals surface area (Å²) < 4.78 is 0. The zero-order chi connectivity index (χ0) is 16.6. The highest BCUT2D eigenvalue weighted by atomic mass is 35.5. The van der Waals surface area contributed by atoms with Crippen molar-refractivity contribution in [2.45, 2.75) is 6.92 Å². The number of nitrogens with one attached hydrogen (secondary N) is 1. The van der Waals surface area contributed by atoms with Crippen LogP contribution in [0.3, 0.4) is 0 Å². The molecule has 3 N–H and O–H groups in total. The first-order chi connectivity index (χ1) is 10.9. The Morgan fingerprint density at radius 1 is 1.26 bits per heavy atom. The smallest absolute Gasteiger partial charge is 0.187 e. The molecule has 0 unspecified atom stereocenters. The maximum absolute atomic E-state index is 6.27.